The van der Waals surface area contributed by atoms with Gasteiger partial charge in [0.05, 0.1) is 4.47 Å². The van der Waals surface area contributed by atoms with Crippen molar-refractivity contribution < 1.29 is 4.79 Å². The van der Waals surface area contributed by atoms with Gasteiger partial charge in [0, 0.05) is 19.3 Å². The Balaban J connectivity index is 2.29. The Morgan fingerprint density at radius 1 is 1.29 bits per heavy atom. The quantitative estimate of drug-likeness (QED) is 0.782. The van der Waals surface area contributed by atoms with Gasteiger partial charge in [-0.2, -0.15) is 0 Å². The van der Waals surface area contributed by atoms with Crippen LogP contribution in [0.4, 0.5) is 5.82 Å². The molecular formula is C15H16BrN3O2. The molecular weight excluding hydrogens is 334 g/mol. The van der Waals surface area contributed by atoms with Crippen LogP contribution in [0.2, 0.25) is 0 Å². The second kappa shape index (κ2) is 5.60. The number of halogens is 1. The summed E-state index contributed by atoms with van der Waals surface area (Å²) in [5.41, 5.74) is 1.32. The number of aldehydes is 1. The van der Waals surface area contributed by atoms with E-state index < -0.39 is 0 Å². The second-order valence-corrected chi connectivity index (χ2v) is 6.23. The van der Waals surface area contributed by atoms with Crippen LogP contribution in [-0.4, -0.2) is 28.8 Å². The minimum absolute atomic E-state index is 0.145. The average molecular weight is 350 g/mol. The Labute approximate surface area is 130 Å². The van der Waals surface area contributed by atoms with E-state index in [0.717, 1.165) is 36.0 Å². The van der Waals surface area contributed by atoms with Gasteiger partial charge in [-0.3, -0.25) is 14.0 Å². The van der Waals surface area contributed by atoms with E-state index in [1.165, 1.54) is 10.8 Å². The first-order chi connectivity index (χ1) is 10.1. The third kappa shape index (κ3) is 2.48. The summed E-state index contributed by atoms with van der Waals surface area (Å²) in [5, 5.41) is 0. The van der Waals surface area contributed by atoms with Crippen LogP contribution >= 0.6 is 15.9 Å². The average Bonchev–Trinajstić information content (AvgIpc) is 2.49. The number of hydrogen-bond donors (Lipinski definition) is 0. The summed E-state index contributed by atoms with van der Waals surface area (Å²) < 4.78 is 2.20. The van der Waals surface area contributed by atoms with Crippen molar-refractivity contribution in [3.8, 4) is 0 Å². The van der Waals surface area contributed by atoms with Gasteiger partial charge >= 0.3 is 0 Å². The Morgan fingerprint density at radius 2 is 2.00 bits per heavy atom. The first-order valence-electron chi connectivity index (χ1n) is 7.04. The standard InChI is InChI=1S/C15H16BrN3O2/c1-10-7-12(16)14-17-13(18-5-3-2-4-6-18)11(9-20)15(21)19(14)8-10/h7-9H,2-6H2,1H3. The third-order valence-electron chi connectivity index (χ3n) is 3.80. The van der Waals surface area contributed by atoms with Gasteiger partial charge in [0.1, 0.15) is 11.4 Å². The predicted molar refractivity (Wildman–Crippen MR) is 85.4 cm³/mol. The summed E-state index contributed by atoms with van der Waals surface area (Å²) in [6.45, 7) is 3.58. The lowest BCUT2D eigenvalue weighted by molar-refractivity contribution is 0.112. The van der Waals surface area contributed by atoms with Crippen molar-refractivity contribution in [2.75, 3.05) is 18.0 Å². The number of aryl methyl sites for hydroxylation is 1. The van der Waals surface area contributed by atoms with Gasteiger partial charge in [-0.1, -0.05) is 0 Å². The number of nitrogens with zero attached hydrogens (tertiary/aromatic N) is 3. The zero-order valence-electron chi connectivity index (χ0n) is 11.8. The van der Waals surface area contributed by atoms with Gasteiger partial charge < -0.3 is 4.90 Å². The van der Waals surface area contributed by atoms with Gasteiger partial charge in [0.2, 0.25) is 0 Å². The topological polar surface area (TPSA) is 54.7 Å². The van der Waals surface area contributed by atoms with Crippen LogP contribution < -0.4 is 10.5 Å². The molecule has 3 rings (SSSR count). The van der Waals surface area contributed by atoms with Crippen LogP contribution in [0, 0.1) is 6.92 Å². The predicted octanol–water partition coefficient (Wildman–Crippen LogP) is 2.57. The highest BCUT2D eigenvalue weighted by molar-refractivity contribution is 9.10. The molecule has 6 heteroatoms. The molecule has 0 aliphatic carbocycles. The molecule has 0 spiro atoms. The molecule has 0 atom stereocenters. The number of pyridine rings is 1. The van der Waals surface area contributed by atoms with Gasteiger partial charge in [-0.05, 0) is 53.7 Å². The monoisotopic (exact) mass is 349 g/mol. The number of rotatable bonds is 2. The fourth-order valence-corrected chi connectivity index (χ4v) is 3.42. The molecule has 1 fully saturated rings. The number of carbonyl (C=O) groups excluding carboxylic acids is 1. The maximum absolute atomic E-state index is 12.6. The molecule has 0 amide bonds. The number of anilines is 1. The fraction of sp³-hybridized carbons (Fsp3) is 0.400. The van der Waals surface area contributed by atoms with Crippen LogP contribution in [0.25, 0.3) is 5.65 Å². The summed E-state index contributed by atoms with van der Waals surface area (Å²) in [7, 11) is 0. The van der Waals surface area contributed by atoms with E-state index in [9.17, 15) is 9.59 Å². The van der Waals surface area contributed by atoms with Crippen molar-refractivity contribution in [1.29, 1.82) is 0 Å². The van der Waals surface area contributed by atoms with E-state index in [2.05, 4.69) is 20.9 Å². The third-order valence-corrected chi connectivity index (χ3v) is 4.39. The van der Waals surface area contributed by atoms with Crippen LogP contribution in [-0.2, 0) is 0 Å². The SMILES string of the molecule is Cc1cc(Br)c2nc(N3CCCCC3)c(C=O)c(=O)n2c1. The van der Waals surface area contributed by atoms with Gasteiger partial charge in [-0.15, -0.1) is 0 Å². The molecule has 2 aromatic rings. The van der Waals surface area contributed by atoms with Crippen molar-refractivity contribution in [1.82, 2.24) is 9.38 Å². The molecule has 1 saturated heterocycles. The highest BCUT2D eigenvalue weighted by Crippen LogP contribution is 2.23. The summed E-state index contributed by atoms with van der Waals surface area (Å²) in [6.07, 6.45) is 5.65. The van der Waals surface area contributed by atoms with Crippen LogP contribution in [0.1, 0.15) is 35.2 Å². The number of carbonyl (C=O) groups is 1. The molecule has 0 saturated carbocycles. The maximum Gasteiger partial charge on any atom is 0.270 e. The molecule has 0 N–H and O–H groups in total. The van der Waals surface area contributed by atoms with Crippen molar-refractivity contribution in [2.45, 2.75) is 26.2 Å². The van der Waals surface area contributed by atoms with Crippen molar-refractivity contribution in [2.24, 2.45) is 0 Å². The molecule has 21 heavy (non-hydrogen) atoms. The normalized spacial score (nSPS) is 15.4. The Morgan fingerprint density at radius 3 is 2.67 bits per heavy atom. The van der Waals surface area contributed by atoms with Crippen molar-refractivity contribution >= 4 is 33.7 Å². The largest absolute Gasteiger partial charge is 0.356 e. The van der Waals surface area contributed by atoms with E-state index in [1.807, 2.05) is 17.9 Å². The van der Waals surface area contributed by atoms with E-state index in [0.29, 0.717) is 17.8 Å². The molecule has 0 radical (unpaired) electrons. The smallest absolute Gasteiger partial charge is 0.270 e. The number of fused-ring (bicyclic) bond motifs is 1. The molecule has 1 aliphatic rings. The minimum atomic E-state index is -0.306. The summed E-state index contributed by atoms with van der Waals surface area (Å²) in [6, 6.07) is 1.92. The van der Waals surface area contributed by atoms with E-state index in [-0.39, 0.29) is 11.1 Å². The zero-order valence-corrected chi connectivity index (χ0v) is 13.4. The minimum Gasteiger partial charge on any atom is -0.356 e. The zero-order chi connectivity index (χ0) is 15.0. The van der Waals surface area contributed by atoms with Gasteiger partial charge in [0.25, 0.3) is 5.56 Å². The van der Waals surface area contributed by atoms with Gasteiger partial charge in [0.15, 0.2) is 11.9 Å². The lowest BCUT2D eigenvalue weighted by Gasteiger charge is -2.28. The van der Waals surface area contributed by atoms with Crippen molar-refractivity contribution in [3.63, 3.8) is 0 Å². The number of piperidine rings is 1. The highest BCUT2D eigenvalue weighted by atomic mass is 79.9. The Hall–Kier alpha value is -1.69. The Kier molecular flexibility index (Phi) is 3.80. The highest BCUT2D eigenvalue weighted by Gasteiger charge is 2.20. The first-order valence-corrected chi connectivity index (χ1v) is 7.84. The maximum atomic E-state index is 12.6. The molecule has 2 aromatic heterocycles. The van der Waals surface area contributed by atoms with E-state index in [4.69, 9.17) is 0 Å². The molecule has 1 aliphatic heterocycles. The lowest BCUT2D eigenvalue weighted by Crippen LogP contribution is -2.34. The first kappa shape index (κ1) is 14.3. The molecule has 110 valence electrons. The van der Waals surface area contributed by atoms with Crippen LogP contribution in [0.3, 0.4) is 0 Å². The van der Waals surface area contributed by atoms with Crippen LogP contribution in [0.5, 0.6) is 0 Å². The lowest BCUT2D eigenvalue weighted by atomic mass is 10.1. The summed E-state index contributed by atoms with van der Waals surface area (Å²) >= 11 is 3.46. The summed E-state index contributed by atoms with van der Waals surface area (Å²) in [5.74, 6) is 0.513. The van der Waals surface area contributed by atoms with E-state index in [1.54, 1.807) is 6.20 Å². The van der Waals surface area contributed by atoms with E-state index >= 15 is 0 Å². The number of aromatic nitrogens is 2. The van der Waals surface area contributed by atoms with Crippen molar-refractivity contribution in [3.05, 3.63) is 38.2 Å². The molecule has 0 unspecified atom stereocenters. The molecule has 3 heterocycles. The molecule has 5 nitrogen and oxygen atoms in total. The van der Waals surface area contributed by atoms with Gasteiger partial charge in [-0.25, -0.2) is 4.98 Å². The Bertz CT molecular complexity index is 764. The second-order valence-electron chi connectivity index (χ2n) is 5.38. The molecule has 0 aromatic carbocycles. The summed E-state index contributed by atoms with van der Waals surface area (Å²) in [4.78, 5) is 30.6. The fourth-order valence-electron chi connectivity index (χ4n) is 2.78. The molecule has 0 bridgehead atoms. The number of hydrogen-bond acceptors (Lipinski definition) is 4. The van der Waals surface area contributed by atoms with Crippen LogP contribution in [0.15, 0.2) is 21.5 Å².